The van der Waals surface area contributed by atoms with Gasteiger partial charge in [-0.25, -0.2) is 0 Å². The number of benzene rings is 1. The fourth-order valence-corrected chi connectivity index (χ4v) is 2.92. The Morgan fingerprint density at radius 3 is 2.46 bits per heavy atom. The highest BCUT2D eigenvalue weighted by Gasteiger charge is 2.28. The topological polar surface area (TPSA) is 139 Å². The Hall–Kier alpha value is -2.97. The molecule has 0 saturated heterocycles. The summed E-state index contributed by atoms with van der Waals surface area (Å²) in [5, 5.41) is 25.1. The van der Waals surface area contributed by atoms with Crippen molar-refractivity contribution in [3.63, 3.8) is 0 Å². The van der Waals surface area contributed by atoms with Crippen molar-refractivity contribution in [2.24, 2.45) is 5.92 Å². The quantitative estimate of drug-likeness (QED) is 0.517. The first kappa shape index (κ1) is 19.4. The number of carbonyl (C=O) groups excluding carboxylic acids is 2. The van der Waals surface area contributed by atoms with Crippen molar-refractivity contribution >= 4 is 23.5 Å². The van der Waals surface area contributed by atoms with Crippen LogP contribution in [0.5, 0.6) is 0 Å². The van der Waals surface area contributed by atoms with E-state index in [0.717, 1.165) is 6.07 Å². The van der Waals surface area contributed by atoms with Gasteiger partial charge >= 0.3 is 5.97 Å². The number of nitro benzene ring substituents is 1. The summed E-state index contributed by atoms with van der Waals surface area (Å²) < 4.78 is 0. The lowest BCUT2D eigenvalue weighted by Crippen LogP contribution is -2.49. The molecule has 1 saturated carbocycles. The molecule has 1 aromatic rings. The molecule has 1 unspecified atom stereocenters. The van der Waals surface area contributed by atoms with Crippen LogP contribution in [-0.2, 0) is 9.59 Å². The first-order valence-electron chi connectivity index (χ1n) is 8.36. The van der Waals surface area contributed by atoms with E-state index in [-0.39, 0.29) is 29.1 Å². The Bertz CT molecular complexity index is 712. The Labute approximate surface area is 149 Å². The molecule has 0 heterocycles. The Morgan fingerprint density at radius 2 is 1.88 bits per heavy atom. The molecule has 1 aromatic carbocycles. The van der Waals surface area contributed by atoms with Crippen LogP contribution in [0.1, 0.15) is 43.0 Å². The third-order valence-corrected chi connectivity index (χ3v) is 4.48. The van der Waals surface area contributed by atoms with Gasteiger partial charge in [0.25, 0.3) is 11.6 Å². The zero-order chi connectivity index (χ0) is 19.3. The molecule has 1 aliphatic rings. The summed E-state index contributed by atoms with van der Waals surface area (Å²) in [5.41, 5.74) is -0.106. The highest BCUT2D eigenvalue weighted by molar-refractivity contribution is 5.97. The largest absolute Gasteiger partial charge is 0.481 e. The number of rotatable bonds is 6. The summed E-state index contributed by atoms with van der Waals surface area (Å²) in [7, 11) is 0. The summed E-state index contributed by atoms with van der Waals surface area (Å²) in [6.45, 7) is 1.52. The molecular weight excluding hydrogens is 342 g/mol. The molecule has 1 aliphatic carbocycles. The Balaban J connectivity index is 1.87. The average Bonchev–Trinajstić information content (AvgIpc) is 2.62. The number of nitrogens with zero attached hydrogens (tertiary/aromatic N) is 1. The monoisotopic (exact) mass is 363 g/mol. The second kappa shape index (κ2) is 8.41. The number of non-ortho nitro benzene ring substituents is 1. The summed E-state index contributed by atoms with van der Waals surface area (Å²) in [5.74, 6) is -2.13. The predicted molar refractivity (Wildman–Crippen MR) is 91.5 cm³/mol. The molecule has 2 amide bonds. The number of nitro groups is 1. The van der Waals surface area contributed by atoms with Gasteiger partial charge in [0.15, 0.2) is 0 Å². The summed E-state index contributed by atoms with van der Waals surface area (Å²) in [6, 6.07) is 4.32. The zero-order valence-electron chi connectivity index (χ0n) is 14.3. The zero-order valence-corrected chi connectivity index (χ0v) is 14.3. The summed E-state index contributed by atoms with van der Waals surface area (Å²) in [6.07, 6.45) is 2.17. The van der Waals surface area contributed by atoms with Gasteiger partial charge in [0.2, 0.25) is 5.91 Å². The number of hydrogen-bond donors (Lipinski definition) is 3. The van der Waals surface area contributed by atoms with Gasteiger partial charge in [-0.3, -0.25) is 24.5 Å². The van der Waals surface area contributed by atoms with Crippen LogP contribution in [0.3, 0.4) is 0 Å². The fraction of sp³-hybridized carbons (Fsp3) is 0.471. The van der Waals surface area contributed by atoms with Crippen molar-refractivity contribution in [2.45, 2.75) is 44.7 Å². The number of nitrogens with one attached hydrogen (secondary N) is 2. The second-order valence-corrected chi connectivity index (χ2v) is 6.40. The van der Waals surface area contributed by atoms with E-state index in [2.05, 4.69) is 10.6 Å². The van der Waals surface area contributed by atoms with Crippen LogP contribution in [0.4, 0.5) is 5.69 Å². The minimum Gasteiger partial charge on any atom is -0.481 e. The fourth-order valence-electron chi connectivity index (χ4n) is 2.92. The van der Waals surface area contributed by atoms with Crippen molar-refractivity contribution in [1.82, 2.24) is 10.6 Å². The molecule has 0 spiro atoms. The number of carboxylic acid groups (broad SMARTS) is 1. The van der Waals surface area contributed by atoms with Gasteiger partial charge in [-0.15, -0.1) is 0 Å². The lowest BCUT2D eigenvalue weighted by molar-refractivity contribution is -0.384. The lowest BCUT2D eigenvalue weighted by atomic mass is 9.86. The second-order valence-electron chi connectivity index (χ2n) is 6.40. The maximum atomic E-state index is 12.2. The van der Waals surface area contributed by atoms with Gasteiger partial charge in [0.1, 0.15) is 6.04 Å². The molecule has 0 aliphatic heterocycles. The molecule has 26 heavy (non-hydrogen) atoms. The first-order valence-corrected chi connectivity index (χ1v) is 8.36. The third-order valence-electron chi connectivity index (χ3n) is 4.48. The van der Waals surface area contributed by atoms with E-state index in [1.807, 2.05) is 0 Å². The number of carboxylic acids is 1. The molecule has 0 radical (unpaired) electrons. The summed E-state index contributed by atoms with van der Waals surface area (Å²) in [4.78, 5) is 45.5. The van der Waals surface area contributed by atoms with Crippen molar-refractivity contribution in [2.75, 3.05) is 0 Å². The molecule has 2 rings (SSSR count). The number of aliphatic carboxylic acids is 1. The maximum absolute atomic E-state index is 12.2. The van der Waals surface area contributed by atoms with E-state index in [4.69, 9.17) is 5.11 Å². The minimum atomic E-state index is -0.820. The van der Waals surface area contributed by atoms with Crippen molar-refractivity contribution < 1.29 is 24.4 Å². The van der Waals surface area contributed by atoms with Crippen LogP contribution >= 0.6 is 0 Å². The van der Waals surface area contributed by atoms with Gasteiger partial charge in [-0.2, -0.15) is 0 Å². The molecule has 1 fully saturated rings. The molecular formula is C17H21N3O6. The van der Waals surface area contributed by atoms with E-state index in [9.17, 15) is 24.5 Å². The van der Waals surface area contributed by atoms with Gasteiger partial charge in [-0.05, 0) is 38.7 Å². The summed E-state index contributed by atoms with van der Waals surface area (Å²) >= 11 is 0. The van der Waals surface area contributed by atoms with Crippen LogP contribution in [0.2, 0.25) is 0 Å². The smallest absolute Gasteiger partial charge is 0.306 e. The highest BCUT2D eigenvalue weighted by atomic mass is 16.6. The van der Waals surface area contributed by atoms with Crippen molar-refractivity contribution in [1.29, 1.82) is 0 Å². The van der Waals surface area contributed by atoms with Gasteiger partial charge in [0, 0.05) is 23.7 Å². The number of amides is 2. The van der Waals surface area contributed by atoms with Crippen molar-refractivity contribution in [3.05, 3.63) is 39.9 Å². The van der Waals surface area contributed by atoms with Crippen LogP contribution in [-0.4, -0.2) is 39.9 Å². The lowest BCUT2D eigenvalue weighted by Gasteiger charge is -2.28. The van der Waals surface area contributed by atoms with Gasteiger partial charge in [0.05, 0.1) is 10.8 Å². The molecule has 9 nitrogen and oxygen atoms in total. The van der Waals surface area contributed by atoms with Crippen LogP contribution in [0, 0.1) is 16.0 Å². The van der Waals surface area contributed by atoms with Crippen LogP contribution in [0.15, 0.2) is 24.3 Å². The van der Waals surface area contributed by atoms with Gasteiger partial charge < -0.3 is 15.7 Å². The Kier molecular flexibility index (Phi) is 6.26. The SMILES string of the molecule is CC(NC(=O)c1cccc([N+](=O)[O-])c1)C(=O)NC1CCC(C(=O)O)CC1. The van der Waals surface area contributed by atoms with E-state index < -0.39 is 22.8 Å². The van der Waals surface area contributed by atoms with E-state index in [1.165, 1.54) is 25.1 Å². The minimum absolute atomic E-state index is 0.0980. The van der Waals surface area contributed by atoms with E-state index in [1.54, 1.807) is 0 Å². The molecule has 0 aromatic heterocycles. The molecule has 140 valence electrons. The normalized spacial score (nSPS) is 20.7. The average molecular weight is 363 g/mol. The number of carbonyl (C=O) groups is 3. The van der Waals surface area contributed by atoms with Gasteiger partial charge in [-0.1, -0.05) is 6.07 Å². The standard InChI is InChI=1S/C17H21N3O6/c1-10(15(21)19-13-7-5-11(6-8-13)17(23)24)18-16(22)12-3-2-4-14(9-12)20(25)26/h2-4,9-11,13H,5-8H2,1H3,(H,18,22)(H,19,21)(H,23,24). The first-order chi connectivity index (χ1) is 12.3. The number of hydrogen-bond acceptors (Lipinski definition) is 5. The van der Waals surface area contributed by atoms with E-state index in [0.29, 0.717) is 25.7 Å². The maximum Gasteiger partial charge on any atom is 0.306 e. The van der Waals surface area contributed by atoms with Crippen LogP contribution in [0.25, 0.3) is 0 Å². The highest BCUT2D eigenvalue weighted by Crippen LogP contribution is 2.24. The molecule has 0 bridgehead atoms. The molecule has 9 heteroatoms. The van der Waals surface area contributed by atoms with E-state index >= 15 is 0 Å². The van der Waals surface area contributed by atoms with Crippen LogP contribution < -0.4 is 10.6 Å². The van der Waals surface area contributed by atoms with Crippen molar-refractivity contribution in [3.8, 4) is 0 Å². The molecule has 1 atom stereocenters. The third kappa shape index (κ3) is 5.01. The predicted octanol–water partition coefficient (Wildman–Crippen LogP) is 1.47. The Morgan fingerprint density at radius 1 is 1.23 bits per heavy atom. The molecule has 3 N–H and O–H groups in total.